The van der Waals surface area contributed by atoms with Gasteiger partial charge in [-0.15, -0.1) is 0 Å². The molecule has 0 bridgehead atoms. The number of aryl methyl sites for hydroxylation is 2. The van der Waals surface area contributed by atoms with Crippen molar-refractivity contribution in [1.29, 1.82) is 0 Å². The number of amides is 1. The van der Waals surface area contributed by atoms with Gasteiger partial charge in [0.05, 0.1) is 13.2 Å². The normalized spacial score (nSPS) is 16.4. The molecule has 31 heavy (non-hydrogen) atoms. The molecular weight excluding hydrogens is 405 g/mol. The molecule has 0 radical (unpaired) electrons. The van der Waals surface area contributed by atoms with Gasteiger partial charge in [-0.25, -0.2) is 0 Å². The zero-order chi connectivity index (χ0) is 22.2. The second-order valence-corrected chi connectivity index (χ2v) is 7.88. The quantitative estimate of drug-likeness (QED) is 0.592. The van der Waals surface area contributed by atoms with Crippen molar-refractivity contribution in [2.75, 3.05) is 13.7 Å². The predicted molar refractivity (Wildman–Crippen MR) is 113 cm³/mol. The van der Waals surface area contributed by atoms with Gasteiger partial charge in [-0.3, -0.25) is 4.79 Å². The van der Waals surface area contributed by atoms with Crippen molar-refractivity contribution in [3.8, 4) is 5.75 Å². The number of carbonyl (C=O) groups excluding carboxylic acids is 1. The number of nitrogens with one attached hydrogen (secondary N) is 1. The summed E-state index contributed by atoms with van der Waals surface area (Å²) >= 11 is 0. The van der Waals surface area contributed by atoms with E-state index in [2.05, 4.69) is 4.98 Å². The maximum absolute atomic E-state index is 13.3. The van der Waals surface area contributed by atoms with Gasteiger partial charge < -0.3 is 14.6 Å². The molecule has 1 N–H and O–H groups in total. The number of para-hydroxylation sites is 1. The van der Waals surface area contributed by atoms with Gasteiger partial charge in [0, 0.05) is 23.6 Å². The third kappa shape index (κ3) is 4.01. The number of hydrogen-bond donors (Lipinski definition) is 1. The minimum Gasteiger partial charge on any atom is -0.496 e. The van der Waals surface area contributed by atoms with E-state index in [0.29, 0.717) is 25.0 Å². The summed E-state index contributed by atoms with van der Waals surface area (Å²) in [5.74, 6) is -1.12. The highest BCUT2D eigenvalue weighted by atomic mass is 19.4. The lowest BCUT2D eigenvalue weighted by atomic mass is 9.87. The van der Waals surface area contributed by atoms with E-state index in [1.54, 1.807) is 7.11 Å². The van der Waals surface area contributed by atoms with Crippen LogP contribution in [0.5, 0.6) is 5.75 Å². The predicted octanol–water partition coefficient (Wildman–Crippen LogP) is 5.36. The molecule has 0 aliphatic carbocycles. The standard InChI is InChI=1S/C24H25F3N2O2/c1-3-15-12-16-10-11-29(23(30)24(25,26)27)21(19(16)13-22(15)31-2)9-8-17-14-28-20-7-5-4-6-18(17)20/h4-7,12-14,21,28H,3,8-11H2,1-2H3/t21-/m0/s1. The number of benzene rings is 2. The van der Waals surface area contributed by atoms with Crippen molar-refractivity contribution >= 4 is 16.8 Å². The highest BCUT2D eigenvalue weighted by molar-refractivity contribution is 5.83. The first kappa shape index (κ1) is 21.3. The lowest BCUT2D eigenvalue weighted by Crippen LogP contribution is -2.46. The Morgan fingerprint density at radius 1 is 1.23 bits per heavy atom. The highest BCUT2D eigenvalue weighted by Crippen LogP contribution is 2.39. The second-order valence-electron chi connectivity index (χ2n) is 7.88. The fourth-order valence-electron chi connectivity index (χ4n) is 4.60. The molecule has 1 aromatic heterocycles. The molecule has 164 valence electrons. The zero-order valence-corrected chi connectivity index (χ0v) is 17.6. The molecule has 0 saturated heterocycles. The van der Waals surface area contributed by atoms with Crippen molar-refractivity contribution in [2.45, 2.75) is 44.8 Å². The molecule has 0 unspecified atom stereocenters. The summed E-state index contributed by atoms with van der Waals surface area (Å²) in [5, 5.41) is 1.05. The molecule has 1 aliphatic heterocycles. The summed E-state index contributed by atoms with van der Waals surface area (Å²) in [6.07, 6.45) is -0.895. The number of fused-ring (bicyclic) bond motifs is 2. The Morgan fingerprint density at radius 3 is 2.71 bits per heavy atom. The number of aromatic nitrogens is 1. The summed E-state index contributed by atoms with van der Waals surface area (Å²) in [6, 6.07) is 11.0. The van der Waals surface area contributed by atoms with Gasteiger partial charge in [-0.1, -0.05) is 31.2 Å². The molecule has 0 fully saturated rings. The maximum Gasteiger partial charge on any atom is 0.471 e. The molecule has 0 spiro atoms. The van der Waals surface area contributed by atoms with E-state index in [-0.39, 0.29) is 6.54 Å². The molecule has 4 rings (SSSR count). The lowest BCUT2D eigenvalue weighted by Gasteiger charge is -2.38. The summed E-state index contributed by atoms with van der Waals surface area (Å²) in [4.78, 5) is 16.4. The lowest BCUT2D eigenvalue weighted by molar-refractivity contribution is -0.188. The van der Waals surface area contributed by atoms with Crippen molar-refractivity contribution in [3.05, 3.63) is 64.8 Å². The van der Waals surface area contributed by atoms with E-state index in [1.807, 2.05) is 49.5 Å². The summed E-state index contributed by atoms with van der Waals surface area (Å²) in [5.41, 5.74) is 4.77. The van der Waals surface area contributed by atoms with Gasteiger partial charge >= 0.3 is 12.1 Å². The van der Waals surface area contributed by atoms with Crippen LogP contribution in [0.1, 0.15) is 41.6 Å². The minimum atomic E-state index is -4.90. The van der Waals surface area contributed by atoms with Crippen LogP contribution >= 0.6 is 0 Å². The summed E-state index contributed by atoms with van der Waals surface area (Å²) in [7, 11) is 1.56. The molecule has 2 aromatic carbocycles. The Kier molecular flexibility index (Phi) is 5.69. The Balaban J connectivity index is 1.71. The van der Waals surface area contributed by atoms with Gasteiger partial charge in [0.15, 0.2) is 0 Å². The van der Waals surface area contributed by atoms with Crippen LogP contribution in [0.15, 0.2) is 42.6 Å². The molecule has 2 heterocycles. The third-order valence-electron chi connectivity index (χ3n) is 6.15. The van der Waals surface area contributed by atoms with Crippen LogP contribution in [-0.2, 0) is 24.1 Å². The Hall–Kier alpha value is -2.96. The van der Waals surface area contributed by atoms with E-state index < -0.39 is 18.1 Å². The number of alkyl halides is 3. The molecule has 0 saturated carbocycles. The topological polar surface area (TPSA) is 45.3 Å². The number of H-pyrrole nitrogens is 1. The van der Waals surface area contributed by atoms with E-state index in [9.17, 15) is 18.0 Å². The fourth-order valence-corrected chi connectivity index (χ4v) is 4.60. The van der Waals surface area contributed by atoms with Gasteiger partial charge in [0.1, 0.15) is 5.75 Å². The first-order valence-electron chi connectivity index (χ1n) is 10.5. The number of carbonyl (C=O) groups is 1. The van der Waals surface area contributed by atoms with Crippen LogP contribution in [-0.4, -0.2) is 35.6 Å². The van der Waals surface area contributed by atoms with Crippen LogP contribution in [0.2, 0.25) is 0 Å². The average Bonchev–Trinajstić information content (AvgIpc) is 3.18. The average molecular weight is 430 g/mol. The Morgan fingerprint density at radius 2 is 2.00 bits per heavy atom. The number of methoxy groups -OCH3 is 1. The highest BCUT2D eigenvalue weighted by Gasteiger charge is 2.46. The van der Waals surface area contributed by atoms with Gasteiger partial charge in [-0.05, 0) is 60.1 Å². The number of ether oxygens (including phenoxy) is 1. The van der Waals surface area contributed by atoms with Crippen LogP contribution in [0.4, 0.5) is 13.2 Å². The van der Waals surface area contributed by atoms with E-state index in [1.165, 1.54) is 0 Å². The van der Waals surface area contributed by atoms with Gasteiger partial charge in [0.2, 0.25) is 0 Å². The summed E-state index contributed by atoms with van der Waals surface area (Å²) < 4.78 is 45.5. The smallest absolute Gasteiger partial charge is 0.471 e. The van der Waals surface area contributed by atoms with Crippen molar-refractivity contribution in [2.24, 2.45) is 0 Å². The Labute approximate surface area is 179 Å². The number of halogens is 3. The minimum absolute atomic E-state index is 0.0549. The SMILES string of the molecule is CCc1cc2c(cc1OC)[C@H](CCc1c[nH]c3ccccc13)N(C(=O)C(F)(F)F)CC2. The fraction of sp³-hybridized carbons (Fsp3) is 0.375. The van der Waals surface area contributed by atoms with Crippen LogP contribution in [0.25, 0.3) is 10.9 Å². The van der Waals surface area contributed by atoms with E-state index >= 15 is 0 Å². The Bertz CT molecular complexity index is 1100. The molecule has 1 atom stereocenters. The first-order chi connectivity index (χ1) is 14.8. The van der Waals surface area contributed by atoms with Crippen LogP contribution in [0.3, 0.4) is 0 Å². The zero-order valence-electron chi connectivity index (χ0n) is 17.6. The summed E-state index contributed by atoms with van der Waals surface area (Å²) in [6.45, 7) is 2.07. The van der Waals surface area contributed by atoms with Crippen LogP contribution in [0, 0.1) is 0 Å². The number of aromatic amines is 1. The number of rotatable bonds is 5. The third-order valence-corrected chi connectivity index (χ3v) is 6.15. The second kappa shape index (κ2) is 8.29. The molecule has 3 aromatic rings. The maximum atomic E-state index is 13.3. The van der Waals surface area contributed by atoms with E-state index in [4.69, 9.17) is 4.74 Å². The molecule has 1 aliphatic rings. The number of nitrogens with zero attached hydrogens (tertiary/aromatic N) is 1. The first-order valence-corrected chi connectivity index (χ1v) is 10.5. The van der Waals surface area contributed by atoms with Crippen molar-refractivity contribution in [1.82, 2.24) is 9.88 Å². The molecule has 1 amide bonds. The molecule has 7 heteroatoms. The van der Waals surface area contributed by atoms with E-state index in [0.717, 1.165) is 44.5 Å². The molecular formula is C24H25F3N2O2. The van der Waals surface area contributed by atoms with Crippen LogP contribution < -0.4 is 4.74 Å². The van der Waals surface area contributed by atoms with Gasteiger partial charge in [-0.2, -0.15) is 13.2 Å². The van der Waals surface area contributed by atoms with Crippen molar-refractivity contribution in [3.63, 3.8) is 0 Å². The van der Waals surface area contributed by atoms with Crippen molar-refractivity contribution < 1.29 is 22.7 Å². The largest absolute Gasteiger partial charge is 0.496 e. The molecule has 4 nitrogen and oxygen atoms in total. The number of hydrogen-bond acceptors (Lipinski definition) is 2. The monoisotopic (exact) mass is 430 g/mol. The van der Waals surface area contributed by atoms with Gasteiger partial charge in [0.25, 0.3) is 0 Å².